The van der Waals surface area contributed by atoms with Crippen molar-refractivity contribution in [3.05, 3.63) is 63.7 Å². The number of fused-ring (bicyclic) bond motifs is 1. The van der Waals surface area contributed by atoms with E-state index in [1.54, 1.807) is 15.9 Å². The molecular formula is C20H19N3O4. The molecular weight excluding hydrogens is 346 g/mol. The van der Waals surface area contributed by atoms with Crippen molar-refractivity contribution in [3.63, 3.8) is 0 Å². The minimum atomic E-state index is -0.445. The molecule has 0 bridgehead atoms. The van der Waals surface area contributed by atoms with Gasteiger partial charge in [0.15, 0.2) is 0 Å². The topological polar surface area (TPSA) is 83.8 Å². The number of nitrogens with zero attached hydrogens (tertiary/aromatic N) is 3. The Bertz CT molecular complexity index is 923. The summed E-state index contributed by atoms with van der Waals surface area (Å²) in [7, 11) is 0. The number of nitro groups is 1. The number of carbonyl (C=O) groups is 2. The third-order valence-corrected chi connectivity index (χ3v) is 5.15. The molecule has 2 aromatic rings. The largest absolute Gasteiger partial charge is 0.312 e. The molecule has 4 rings (SSSR count). The molecule has 0 radical (unpaired) electrons. The molecule has 138 valence electrons. The average molecular weight is 365 g/mol. The molecule has 1 fully saturated rings. The fraction of sp³-hybridized carbons (Fsp3) is 0.300. The van der Waals surface area contributed by atoms with Crippen LogP contribution in [-0.2, 0) is 22.4 Å². The molecule has 1 saturated heterocycles. The maximum atomic E-state index is 12.7. The van der Waals surface area contributed by atoms with Gasteiger partial charge in [0, 0.05) is 37.3 Å². The quantitative estimate of drug-likeness (QED) is 0.616. The van der Waals surface area contributed by atoms with E-state index in [0.29, 0.717) is 25.1 Å². The first kappa shape index (κ1) is 17.2. The van der Waals surface area contributed by atoms with Crippen molar-refractivity contribution in [3.8, 4) is 0 Å². The standard InChI is InChI=1S/C20H19N3O4/c24-19-2-1-10-21(19)16-6-3-14(4-7-16)12-20(25)22-11-9-15-5-8-17(23(26)27)13-18(15)22/h3-8,13H,1-2,9-12H2. The van der Waals surface area contributed by atoms with Crippen LogP contribution in [0.2, 0.25) is 0 Å². The zero-order valence-electron chi connectivity index (χ0n) is 14.8. The van der Waals surface area contributed by atoms with Gasteiger partial charge < -0.3 is 9.80 Å². The highest BCUT2D eigenvalue weighted by molar-refractivity contribution is 5.97. The fourth-order valence-electron chi connectivity index (χ4n) is 3.73. The molecule has 0 N–H and O–H groups in total. The average Bonchev–Trinajstić information content (AvgIpc) is 3.28. The Labute approximate surface area is 156 Å². The minimum Gasteiger partial charge on any atom is -0.312 e. The zero-order valence-corrected chi connectivity index (χ0v) is 14.8. The van der Waals surface area contributed by atoms with Crippen LogP contribution in [0.4, 0.5) is 17.1 Å². The highest BCUT2D eigenvalue weighted by Crippen LogP contribution is 2.32. The molecule has 2 heterocycles. The number of non-ortho nitro benzene ring substituents is 1. The second kappa shape index (κ2) is 6.83. The minimum absolute atomic E-state index is 0.00640. The monoisotopic (exact) mass is 365 g/mol. The van der Waals surface area contributed by atoms with E-state index in [1.165, 1.54) is 12.1 Å². The summed E-state index contributed by atoms with van der Waals surface area (Å²) < 4.78 is 0. The second-order valence-corrected chi connectivity index (χ2v) is 6.86. The summed E-state index contributed by atoms with van der Waals surface area (Å²) in [5, 5.41) is 11.0. The molecule has 2 amide bonds. The first-order valence-corrected chi connectivity index (χ1v) is 9.00. The normalized spacial score (nSPS) is 15.9. The number of amides is 2. The van der Waals surface area contributed by atoms with E-state index in [0.717, 1.165) is 29.8 Å². The molecule has 2 aromatic carbocycles. The highest BCUT2D eigenvalue weighted by Gasteiger charge is 2.27. The van der Waals surface area contributed by atoms with E-state index in [1.807, 2.05) is 24.3 Å². The van der Waals surface area contributed by atoms with Gasteiger partial charge in [0.05, 0.1) is 17.0 Å². The first-order valence-electron chi connectivity index (χ1n) is 9.00. The van der Waals surface area contributed by atoms with Crippen molar-refractivity contribution in [2.75, 3.05) is 22.9 Å². The second-order valence-electron chi connectivity index (χ2n) is 6.86. The molecule has 0 aromatic heterocycles. The highest BCUT2D eigenvalue weighted by atomic mass is 16.6. The van der Waals surface area contributed by atoms with Crippen molar-refractivity contribution < 1.29 is 14.5 Å². The smallest absolute Gasteiger partial charge is 0.271 e. The van der Waals surface area contributed by atoms with E-state index in [4.69, 9.17) is 0 Å². The number of benzene rings is 2. The third-order valence-electron chi connectivity index (χ3n) is 5.15. The van der Waals surface area contributed by atoms with Crippen LogP contribution in [0.15, 0.2) is 42.5 Å². The van der Waals surface area contributed by atoms with E-state index in [2.05, 4.69) is 0 Å². The Morgan fingerprint density at radius 2 is 1.85 bits per heavy atom. The third kappa shape index (κ3) is 3.28. The van der Waals surface area contributed by atoms with Crippen LogP contribution < -0.4 is 9.80 Å². The number of anilines is 2. The lowest BCUT2D eigenvalue weighted by atomic mass is 10.1. The number of hydrogen-bond acceptors (Lipinski definition) is 4. The number of hydrogen-bond donors (Lipinski definition) is 0. The maximum Gasteiger partial charge on any atom is 0.271 e. The summed E-state index contributed by atoms with van der Waals surface area (Å²) in [6, 6.07) is 12.1. The molecule has 27 heavy (non-hydrogen) atoms. The van der Waals surface area contributed by atoms with E-state index in [-0.39, 0.29) is 23.9 Å². The SMILES string of the molecule is O=C1CCCN1c1ccc(CC(=O)N2CCc3ccc([N+](=O)[O-])cc32)cc1. The summed E-state index contributed by atoms with van der Waals surface area (Å²) in [5.41, 5.74) is 3.29. The fourth-order valence-corrected chi connectivity index (χ4v) is 3.73. The maximum absolute atomic E-state index is 12.7. The van der Waals surface area contributed by atoms with Gasteiger partial charge in [-0.15, -0.1) is 0 Å². The van der Waals surface area contributed by atoms with Crippen molar-refractivity contribution in [2.24, 2.45) is 0 Å². The Morgan fingerprint density at radius 1 is 1.07 bits per heavy atom. The molecule has 2 aliphatic heterocycles. The Morgan fingerprint density at radius 3 is 2.52 bits per heavy atom. The van der Waals surface area contributed by atoms with Crippen LogP contribution in [0.3, 0.4) is 0 Å². The van der Waals surface area contributed by atoms with Gasteiger partial charge in [0.1, 0.15) is 0 Å². The van der Waals surface area contributed by atoms with Gasteiger partial charge in [0.25, 0.3) is 5.69 Å². The Hall–Kier alpha value is -3.22. The lowest BCUT2D eigenvalue weighted by Gasteiger charge is -2.18. The van der Waals surface area contributed by atoms with Crippen molar-refractivity contribution >= 4 is 28.9 Å². The van der Waals surface area contributed by atoms with Gasteiger partial charge in [0.2, 0.25) is 11.8 Å². The van der Waals surface area contributed by atoms with E-state index >= 15 is 0 Å². The summed E-state index contributed by atoms with van der Waals surface area (Å²) in [6.45, 7) is 1.27. The molecule has 7 heteroatoms. The van der Waals surface area contributed by atoms with E-state index < -0.39 is 4.92 Å². The molecule has 0 unspecified atom stereocenters. The lowest BCUT2D eigenvalue weighted by Crippen LogP contribution is -2.30. The van der Waals surface area contributed by atoms with Crippen LogP contribution in [-0.4, -0.2) is 29.8 Å². The predicted octanol–water partition coefficient (Wildman–Crippen LogP) is 2.85. The van der Waals surface area contributed by atoms with Crippen LogP contribution in [0.5, 0.6) is 0 Å². The Kier molecular flexibility index (Phi) is 4.35. The van der Waals surface area contributed by atoms with Crippen molar-refractivity contribution in [2.45, 2.75) is 25.7 Å². The van der Waals surface area contributed by atoms with Crippen LogP contribution in [0, 0.1) is 10.1 Å². The summed E-state index contributed by atoms with van der Waals surface area (Å²) in [5.74, 6) is 0.0494. The molecule has 2 aliphatic rings. The molecule has 0 spiro atoms. The van der Waals surface area contributed by atoms with Crippen LogP contribution >= 0.6 is 0 Å². The molecule has 0 atom stereocenters. The summed E-state index contributed by atoms with van der Waals surface area (Å²) in [4.78, 5) is 38.5. The molecule has 0 aliphatic carbocycles. The van der Waals surface area contributed by atoms with Crippen molar-refractivity contribution in [1.82, 2.24) is 0 Å². The number of carbonyl (C=O) groups excluding carboxylic acids is 2. The zero-order chi connectivity index (χ0) is 19.0. The molecule has 7 nitrogen and oxygen atoms in total. The van der Waals surface area contributed by atoms with Crippen LogP contribution in [0.1, 0.15) is 24.0 Å². The van der Waals surface area contributed by atoms with Gasteiger partial charge in [-0.3, -0.25) is 19.7 Å². The number of nitro benzene ring substituents is 1. The van der Waals surface area contributed by atoms with E-state index in [9.17, 15) is 19.7 Å². The Balaban J connectivity index is 1.48. The van der Waals surface area contributed by atoms with Gasteiger partial charge in [-0.05, 0) is 36.1 Å². The van der Waals surface area contributed by atoms with Crippen LogP contribution in [0.25, 0.3) is 0 Å². The predicted molar refractivity (Wildman–Crippen MR) is 101 cm³/mol. The summed E-state index contributed by atoms with van der Waals surface area (Å²) in [6.07, 6.45) is 2.38. The molecule has 0 saturated carbocycles. The first-order chi connectivity index (χ1) is 13.0. The van der Waals surface area contributed by atoms with Gasteiger partial charge in [-0.2, -0.15) is 0 Å². The van der Waals surface area contributed by atoms with Crippen molar-refractivity contribution in [1.29, 1.82) is 0 Å². The number of rotatable bonds is 4. The van der Waals surface area contributed by atoms with Gasteiger partial charge in [-0.25, -0.2) is 0 Å². The van der Waals surface area contributed by atoms with Gasteiger partial charge in [-0.1, -0.05) is 18.2 Å². The lowest BCUT2D eigenvalue weighted by molar-refractivity contribution is -0.384. The summed E-state index contributed by atoms with van der Waals surface area (Å²) >= 11 is 0. The van der Waals surface area contributed by atoms with Gasteiger partial charge >= 0.3 is 0 Å².